The normalized spacial score (nSPS) is 20.8. The van der Waals surface area contributed by atoms with Crippen LogP contribution >= 0.6 is 0 Å². The average molecular weight is 236 g/mol. The number of nitrogens with zero attached hydrogens (tertiary/aromatic N) is 4. The van der Waals surface area contributed by atoms with Crippen molar-refractivity contribution in [1.82, 2.24) is 14.9 Å². The molecule has 1 N–H and O–H groups in total. The number of likely N-dealkylation sites (tertiary alicyclic amines) is 1. The minimum Gasteiger partial charge on any atom is -0.390 e. The molecule has 0 aromatic carbocycles. The molecule has 0 saturated carbocycles. The molecule has 0 bridgehead atoms. The number of aromatic nitrogens is 2. The number of likely N-dealkylation sites (N-methyl/N-ethyl adjacent to an activating group) is 2. The first-order valence-electron chi connectivity index (χ1n) is 6.04. The summed E-state index contributed by atoms with van der Waals surface area (Å²) in [6.45, 7) is 2.11. The van der Waals surface area contributed by atoms with E-state index in [2.05, 4.69) is 26.8 Å². The predicted molar refractivity (Wildman–Crippen MR) is 66.9 cm³/mol. The number of hydrogen-bond donors (Lipinski definition) is 1. The Hall–Kier alpha value is -1.20. The van der Waals surface area contributed by atoms with Crippen molar-refractivity contribution in [2.24, 2.45) is 0 Å². The van der Waals surface area contributed by atoms with Crippen LogP contribution in [0.4, 0.5) is 5.82 Å². The molecule has 1 aliphatic rings. The van der Waals surface area contributed by atoms with Crippen molar-refractivity contribution < 1.29 is 5.11 Å². The summed E-state index contributed by atoms with van der Waals surface area (Å²) in [6, 6.07) is 0.610. The van der Waals surface area contributed by atoms with Crippen LogP contribution in [0.25, 0.3) is 0 Å². The van der Waals surface area contributed by atoms with E-state index < -0.39 is 0 Å². The second-order valence-electron chi connectivity index (χ2n) is 4.68. The zero-order valence-electron chi connectivity index (χ0n) is 10.5. The van der Waals surface area contributed by atoms with Crippen molar-refractivity contribution in [3.63, 3.8) is 0 Å². The molecule has 94 valence electrons. The summed E-state index contributed by atoms with van der Waals surface area (Å²) in [4.78, 5) is 13.0. The van der Waals surface area contributed by atoms with E-state index in [4.69, 9.17) is 5.11 Å². The molecule has 1 aromatic heterocycles. The summed E-state index contributed by atoms with van der Waals surface area (Å²) < 4.78 is 0. The van der Waals surface area contributed by atoms with Gasteiger partial charge in [0.15, 0.2) is 0 Å². The molecule has 1 fully saturated rings. The van der Waals surface area contributed by atoms with E-state index in [0.29, 0.717) is 11.7 Å². The van der Waals surface area contributed by atoms with Crippen LogP contribution in [0.3, 0.4) is 0 Å². The average Bonchev–Trinajstić information content (AvgIpc) is 2.75. The Labute approximate surface area is 102 Å². The lowest BCUT2D eigenvalue weighted by Gasteiger charge is -2.26. The zero-order valence-corrected chi connectivity index (χ0v) is 10.5. The standard InChI is InChI=1S/C12H20N4O/c1-15-5-3-4-11(15)8-16(2)12-7-13-10(9-17)6-14-12/h6-7,11,17H,3-5,8-9H2,1-2H3. The molecule has 1 aromatic rings. The van der Waals surface area contributed by atoms with E-state index in [0.717, 1.165) is 12.4 Å². The van der Waals surface area contributed by atoms with Gasteiger partial charge in [-0.1, -0.05) is 0 Å². The lowest BCUT2D eigenvalue weighted by Crippen LogP contribution is -2.37. The summed E-state index contributed by atoms with van der Waals surface area (Å²) in [5.74, 6) is 0.863. The third-order valence-electron chi connectivity index (χ3n) is 3.40. The Kier molecular flexibility index (Phi) is 3.91. The third-order valence-corrected chi connectivity index (χ3v) is 3.40. The minimum absolute atomic E-state index is 0.0532. The highest BCUT2D eigenvalue weighted by atomic mass is 16.3. The monoisotopic (exact) mass is 236 g/mol. The molecule has 0 spiro atoms. The van der Waals surface area contributed by atoms with Gasteiger partial charge in [0, 0.05) is 19.6 Å². The highest BCUT2D eigenvalue weighted by Gasteiger charge is 2.22. The number of aliphatic hydroxyl groups is 1. The molecule has 1 atom stereocenters. The molecular weight excluding hydrogens is 216 g/mol. The molecule has 2 heterocycles. The second-order valence-corrected chi connectivity index (χ2v) is 4.68. The highest BCUT2D eigenvalue weighted by molar-refractivity contribution is 5.34. The van der Waals surface area contributed by atoms with Gasteiger partial charge >= 0.3 is 0 Å². The summed E-state index contributed by atoms with van der Waals surface area (Å²) in [7, 11) is 4.21. The molecule has 0 amide bonds. The molecular formula is C12H20N4O. The Balaban J connectivity index is 1.96. The van der Waals surface area contributed by atoms with Gasteiger partial charge in [0.25, 0.3) is 0 Å². The number of hydrogen-bond acceptors (Lipinski definition) is 5. The lowest BCUT2D eigenvalue weighted by molar-refractivity contribution is 0.276. The van der Waals surface area contributed by atoms with E-state index in [-0.39, 0.29) is 6.61 Å². The number of aliphatic hydroxyl groups excluding tert-OH is 1. The third kappa shape index (κ3) is 2.92. The van der Waals surface area contributed by atoms with Crippen LogP contribution in [0, 0.1) is 0 Å². The molecule has 1 unspecified atom stereocenters. The van der Waals surface area contributed by atoms with Gasteiger partial charge < -0.3 is 14.9 Å². The van der Waals surface area contributed by atoms with Crippen LogP contribution in [-0.4, -0.2) is 53.2 Å². The number of rotatable bonds is 4. The predicted octanol–water partition coefficient (Wildman–Crippen LogP) is 0.499. The van der Waals surface area contributed by atoms with Crippen LogP contribution in [-0.2, 0) is 6.61 Å². The smallest absolute Gasteiger partial charge is 0.146 e. The van der Waals surface area contributed by atoms with Gasteiger partial charge in [-0.05, 0) is 26.4 Å². The molecule has 1 saturated heterocycles. The maximum Gasteiger partial charge on any atom is 0.146 e. The summed E-state index contributed by atoms with van der Waals surface area (Å²) in [6.07, 6.45) is 5.89. The maximum absolute atomic E-state index is 8.91. The summed E-state index contributed by atoms with van der Waals surface area (Å²) in [5.41, 5.74) is 0.611. The van der Waals surface area contributed by atoms with Gasteiger partial charge in [0.1, 0.15) is 5.82 Å². The van der Waals surface area contributed by atoms with E-state index in [1.54, 1.807) is 12.4 Å². The first kappa shape index (κ1) is 12.3. The van der Waals surface area contributed by atoms with Crippen LogP contribution in [0.1, 0.15) is 18.5 Å². The quantitative estimate of drug-likeness (QED) is 0.825. The Morgan fingerprint density at radius 1 is 1.47 bits per heavy atom. The molecule has 1 aliphatic heterocycles. The van der Waals surface area contributed by atoms with Crippen molar-refractivity contribution in [3.8, 4) is 0 Å². The highest BCUT2D eigenvalue weighted by Crippen LogP contribution is 2.17. The van der Waals surface area contributed by atoms with Gasteiger partial charge in [-0.3, -0.25) is 4.98 Å². The Bertz CT molecular complexity index is 354. The van der Waals surface area contributed by atoms with Crippen molar-refractivity contribution in [3.05, 3.63) is 18.1 Å². The minimum atomic E-state index is -0.0532. The molecule has 0 aliphatic carbocycles. The molecule has 5 nitrogen and oxygen atoms in total. The van der Waals surface area contributed by atoms with Crippen LogP contribution in [0.2, 0.25) is 0 Å². The van der Waals surface area contributed by atoms with Crippen molar-refractivity contribution in [2.45, 2.75) is 25.5 Å². The topological polar surface area (TPSA) is 52.5 Å². The van der Waals surface area contributed by atoms with Crippen LogP contribution in [0.15, 0.2) is 12.4 Å². The van der Waals surface area contributed by atoms with Gasteiger partial charge in [-0.2, -0.15) is 0 Å². The fraction of sp³-hybridized carbons (Fsp3) is 0.667. The summed E-state index contributed by atoms with van der Waals surface area (Å²) >= 11 is 0. The Morgan fingerprint density at radius 3 is 2.82 bits per heavy atom. The largest absolute Gasteiger partial charge is 0.390 e. The molecule has 5 heteroatoms. The van der Waals surface area contributed by atoms with Crippen molar-refractivity contribution in [2.75, 3.05) is 32.1 Å². The first-order chi connectivity index (χ1) is 8.20. The number of anilines is 1. The van der Waals surface area contributed by atoms with Crippen LogP contribution < -0.4 is 4.90 Å². The second kappa shape index (κ2) is 5.42. The maximum atomic E-state index is 8.91. The molecule has 0 radical (unpaired) electrons. The molecule has 2 rings (SSSR count). The van der Waals surface area contributed by atoms with Crippen molar-refractivity contribution in [1.29, 1.82) is 0 Å². The van der Waals surface area contributed by atoms with Gasteiger partial charge in [-0.15, -0.1) is 0 Å². The van der Waals surface area contributed by atoms with E-state index in [9.17, 15) is 0 Å². The lowest BCUT2D eigenvalue weighted by atomic mass is 10.2. The zero-order chi connectivity index (χ0) is 12.3. The van der Waals surface area contributed by atoms with Gasteiger partial charge in [0.2, 0.25) is 0 Å². The van der Waals surface area contributed by atoms with Crippen molar-refractivity contribution >= 4 is 5.82 Å². The molecule has 17 heavy (non-hydrogen) atoms. The van der Waals surface area contributed by atoms with Gasteiger partial charge in [-0.25, -0.2) is 4.98 Å². The SMILES string of the molecule is CN(CC1CCCN1C)c1cnc(CO)cn1. The van der Waals surface area contributed by atoms with Crippen LogP contribution in [0.5, 0.6) is 0 Å². The van der Waals surface area contributed by atoms with E-state index in [1.165, 1.54) is 19.4 Å². The Morgan fingerprint density at radius 2 is 2.29 bits per heavy atom. The van der Waals surface area contributed by atoms with E-state index in [1.807, 2.05) is 7.05 Å². The fourth-order valence-corrected chi connectivity index (χ4v) is 2.25. The first-order valence-corrected chi connectivity index (χ1v) is 6.04. The fourth-order valence-electron chi connectivity index (χ4n) is 2.25. The summed E-state index contributed by atoms with van der Waals surface area (Å²) in [5, 5.41) is 8.91. The van der Waals surface area contributed by atoms with Gasteiger partial charge in [0.05, 0.1) is 24.7 Å². The van der Waals surface area contributed by atoms with E-state index >= 15 is 0 Å².